The van der Waals surface area contributed by atoms with E-state index in [-0.39, 0.29) is 23.7 Å². The second-order valence-corrected chi connectivity index (χ2v) is 4.60. The van der Waals surface area contributed by atoms with E-state index >= 15 is 0 Å². The molecule has 0 fully saturated rings. The van der Waals surface area contributed by atoms with Crippen LogP contribution in [0.25, 0.3) is 0 Å². The molecule has 1 unspecified atom stereocenters. The molecule has 0 saturated carbocycles. The predicted molar refractivity (Wildman–Crippen MR) is 79.4 cm³/mol. The summed E-state index contributed by atoms with van der Waals surface area (Å²) in [6, 6.07) is 2.87. The Morgan fingerprint density at radius 1 is 1.12 bits per heavy atom. The van der Waals surface area contributed by atoms with Gasteiger partial charge in [0.05, 0.1) is 14.2 Å². The van der Waals surface area contributed by atoms with Gasteiger partial charge in [0.15, 0.2) is 11.5 Å². The van der Waals surface area contributed by atoms with Crippen LogP contribution >= 0.6 is 0 Å². The molecule has 0 radical (unpaired) electrons. The van der Waals surface area contributed by atoms with Crippen molar-refractivity contribution < 1.29 is 38.9 Å². The van der Waals surface area contributed by atoms with Crippen LogP contribution in [-0.4, -0.2) is 43.1 Å². The maximum absolute atomic E-state index is 11.2. The van der Waals surface area contributed by atoms with Crippen molar-refractivity contribution in [1.82, 2.24) is 0 Å². The lowest BCUT2D eigenvalue weighted by Crippen LogP contribution is -2.26. The van der Waals surface area contributed by atoms with E-state index in [0.29, 0.717) is 5.56 Å². The Kier molecular flexibility index (Phi) is 7.18. The average molecular weight is 360 g/mol. The predicted octanol–water partition coefficient (Wildman–Crippen LogP) is 0.957. The Bertz CT molecular complexity index is 623. The van der Waals surface area contributed by atoms with Gasteiger partial charge in [0.2, 0.25) is 5.75 Å². The summed E-state index contributed by atoms with van der Waals surface area (Å²) in [4.78, 5) is 40.5. The zero-order chi connectivity index (χ0) is 19.0. The molecule has 0 aliphatic heterocycles. The largest absolute Gasteiger partial charge is 0.493 e. The fourth-order valence-electron chi connectivity index (χ4n) is 1.95. The van der Waals surface area contributed by atoms with Gasteiger partial charge in [-0.05, 0) is 17.7 Å². The molecule has 1 aromatic carbocycles. The zero-order valence-corrected chi connectivity index (χ0v) is 13.6. The molecule has 0 heterocycles. The Balaban J connectivity index is 3.10. The third-order valence-electron chi connectivity index (χ3n) is 2.83. The number of carbonyl (C=O) groups is 1. The van der Waals surface area contributed by atoms with E-state index in [4.69, 9.17) is 14.2 Å². The van der Waals surface area contributed by atoms with Crippen LogP contribution in [0.5, 0.6) is 17.2 Å². The third kappa shape index (κ3) is 6.37. The van der Waals surface area contributed by atoms with Gasteiger partial charge in [0.25, 0.3) is 10.2 Å². The highest BCUT2D eigenvalue weighted by molar-refractivity contribution is 5.72. The molecule has 12 heteroatoms. The highest BCUT2D eigenvalue weighted by Gasteiger charge is 2.21. The lowest BCUT2D eigenvalue weighted by atomic mass is 10.1. The van der Waals surface area contributed by atoms with Crippen molar-refractivity contribution in [1.29, 1.82) is 0 Å². The molecule has 0 aromatic heterocycles. The molecule has 0 aliphatic rings. The minimum atomic E-state index is -1.24. The van der Waals surface area contributed by atoms with Gasteiger partial charge in [-0.25, -0.2) is 0 Å². The zero-order valence-electron chi connectivity index (χ0n) is 13.6. The number of methoxy groups -OCH3 is 2. The second kappa shape index (κ2) is 9.10. The van der Waals surface area contributed by atoms with Crippen LogP contribution in [0.15, 0.2) is 12.1 Å². The van der Waals surface area contributed by atoms with E-state index < -0.39 is 28.9 Å². The number of benzene rings is 1. The van der Waals surface area contributed by atoms with Crippen molar-refractivity contribution in [3.8, 4) is 17.2 Å². The number of rotatable bonds is 10. The van der Waals surface area contributed by atoms with Gasteiger partial charge < -0.3 is 23.9 Å². The van der Waals surface area contributed by atoms with Crippen LogP contribution < -0.4 is 14.2 Å². The summed E-state index contributed by atoms with van der Waals surface area (Å²) in [6.45, 7) is 0.549. The number of esters is 1. The Morgan fingerprint density at radius 2 is 1.68 bits per heavy atom. The van der Waals surface area contributed by atoms with Gasteiger partial charge in [0.1, 0.15) is 12.7 Å². The van der Waals surface area contributed by atoms with Gasteiger partial charge >= 0.3 is 5.97 Å². The average Bonchev–Trinajstić information content (AvgIpc) is 2.52. The van der Waals surface area contributed by atoms with Gasteiger partial charge in [-0.2, -0.15) is 0 Å². The molecule has 0 N–H and O–H groups in total. The fraction of sp³-hybridized carbons (Fsp3) is 0.462. The molecule has 0 aliphatic carbocycles. The normalized spacial score (nSPS) is 11.2. The topological polar surface area (TPSA) is 150 Å². The van der Waals surface area contributed by atoms with Crippen LogP contribution in [-0.2, 0) is 20.9 Å². The summed E-state index contributed by atoms with van der Waals surface area (Å²) < 4.78 is 15.3. The number of hydrogen-bond donors (Lipinski definition) is 0. The van der Waals surface area contributed by atoms with Crippen LogP contribution in [0.3, 0.4) is 0 Å². The first-order chi connectivity index (χ1) is 11.8. The fourth-order valence-corrected chi connectivity index (χ4v) is 1.95. The molecular weight excluding hydrogens is 344 g/mol. The molecule has 138 valence electrons. The summed E-state index contributed by atoms with van der Waals surface area (Å²) in [6.07, 6.45) is -1.36. The first-order valence-corrected chi connectivity index (χ1v) is 6.78. The maximum atomic E-state index is 11.2. The Labute approximate surface area is 141 Å². The lowest BCUT2D eigenvalue weighted by molar-refractivity contribution is -0.789. The highest BCUT2D eigenvalue weighted by atomic mass is 17.0. The smallest absolute Gasteiger partial charge is 0.308 e. The van der Waals surface area contributed by atoms with Crippen molar-refractivity contribution >= 4 is 5.97 Å². The first kappa shape index (κ1) is 19.7. The lowest BCUT2D eigenvalue weighted by Gasteiger charge is -2.17. The molecule has 0 bridgehead atoms. The van der Waals surface area contributed by atoms with Gasteiger partial charge in [0, 0.05) is 13.3 Å². The molecule has 25 heavy (non-hydrogen) atoms. The molecule has 0 spiro atoms. The van der Waals surface area contributed by atoms with Crippen molar-refractivity contribution in [2.24, 2.45) is 0 Å². The number of hydrogen-bond acceptors (Lipinski definition) is 10. The van der Waals surface area contributed by atoms with Gasteiger partial charge in [-0.3, -0.25) is 4.79 Å². The van der Waals surface area contributed by atoms with Gasteiger partial charge in [-0.1, -0.05) is 0 Å². The van der Waals surface area contributed by atoms with Crippen molar-refractivity contribution in [3.63, 3.8) is 0 Å². The van der Waals surface area contributed by atoms with Crippen LogP contribution in [0.2, 0.25) is 0 Å². The standard InChI is InChI=1S/C13H16N2O10/c1-8(16)24-13-11(21-2)5-9(6-12(13)22-3)4-10(25-15(19)20)7-23-14(17)18/h5-6,10H,4,7H2,1-3H3. The third-order valence-corrected chi connectivity index (χ3v) is 2.83. The molecular formula is C13H16N2O10. The van der Waals surface area contributed by atoms with Crippen molar-refractivity contribution in [3.05, 3.63) is 37.9 Å². The van der Waals surface area contributed by atoms with Crippen molar-refractivity contribution in [2.45, 2.75) is 19.4 Å². The number of ether oxygens (including phenoxy) is 3. The summed E-state index contributed by atoms with van der Waals surface area (Å²) in [7, 11) is 2.65. The minimum Gasteiger partial charge on any atom is -0.493 e. The van der Waals surface area contributed by atoms with Crippen LogP contribution in [0.1, 0.15) is 12.5 Å². The second-order valence-electron chi connectivity index (χ2n) is 4.60. The Hall–Kier alpha value is -3.31. The maximum Gasteiger partial charge on any atom is 0.308 e. The van der Waals surface area contributed by atoms with Crippen molar-refractivity contribution in [2.75, 3.05) is 20.8 Å². The molecule has 1 aromatic rings. The van der Waals surface area contributed by atoms with Crippen LogP contribution in [0.4, 0.5) is 0 Å². The quantitative estimate of drug-likeness (QED) is 0.255. The van der Waals surface area contributed by atoms with E-state index in [1.165, 1.54) is 33.3 Å². The summed E-state index contributed by atoms with van der Waals surface area (Å²) >= 11 is 0. The Morgan fingerprint density at radius 3 is 2.08 bits per heavy atom. The van der Waals surface area contributed by atoms with E-state index in [0.717, 1.165) is 0 Å². The SMILES string of the molecule is COc1cc(CC(CO[N+](=O)[O-])O[N+](=O)[O-])cc(OC)c1OC(C)=O. The molecule has 12 nitrogen and oxygen atoms in total. The van der Waals surface area contributed by atoms with E-state index in [1.807, 2.05) is 0 Å². The summed E-state index contributed by atoms with van der Waals surface area (Å²) in [5.41, 5.74) is 0.420. The first-order valence-electron chi connectivity index (χ1n) is 6.78. The van der Waals surface area contributed by atoms with Crippen LogP contribution in [0, 0.1) is 20.2 Å². The molecule has 1 rings (SSSR count). The number of nitrogens with zero attached hydrogens (tertiary/aromatic N) is 2. The van der Waals surface area contributed by atoms with E-state index in [2.05, 4.69) is 9.68 Å². The monoisotopic (exact) mass is 360 g/mol. The van der Waals surface area contributed by atoms with Gasteiger partial charge in [-0.15, -0.1) is 20.2 Å². The summed E-state index contributed by atoms with van der Waals surface area (Å²) in [5, 5.41) is 18.6. The summed E-state index contributed by atoms with van der Waals surface area (Å²) in [5.74, 6) is -0.285. The number of carbonyl (C=O) groups excluding carboxylic acids is 1. The molecule has 0 saturated heterocycles. The highest BCUT2D eigenvalue weighted by Crippen LogP contribution is 2.39. The minimum absolute atomic E-state index is 0.0366. The van der Waals surface area contributed by atoms with E-state index in [9.17, 15) is 25.0 Å². The molecule has 1 atom stereocenters. The van der Waals surface area contributed by atoms with E-state index in [1.54, 1.807) is 0 Å². The molecule has 0 amide bonds.